The molecule has 1 fully saturated rings. The van der Waals surface area contributed by atoms with Crippen molar-refractivity contribution in [3.63, 3.8) is 0 Å². The second-order valence-electron chi connectivity index (χ2n) is 4.79. The van der Waals surface area contributed by atoms with Crippen LogP contribution in [0, 0.1) is 5.92 Å². The average molecular weight is 242 g/mol. The summed E-state index contributed by atoms with van der Waals surface area (Å²) in [5, 5.41) is 2.79. The molecule has 0 aromatic heterocycles. The molecule has 1 heterocycles. The number of amides is 1. The van der Waals surface area contributed by atoms with Crippen molar-refractivity contribution in [3.05, 3.63) is 0 Å². The van der Waals surface area contributed by atoms with Crippen LogP contribution in [0.4, 0.5) is 0 Å². The molecule has 1 aliphatic rings. The summed E-state index contributed by atoms with van der Waals surface area (Å²) >= 11 is 0. The van der Waals surface area contributed by atoms with E-state index in [2.05, 4.69) is 5.32 Å². The van der Waals surface area contributed by atoms with E-state index in [0.717, 1.165) is 13.1 Å². The molecular weight excluding hydrogens is 220 g/mol. The molecule has 0 saturated carbocycles. The topological polar surface area (TPSA) is 58.6 Å². The molecule has 98 valence electrons. The zero-order valence-electron chi connectivity index (χ0n) is 10.9. The summed E-state index contributed by atoms with van der Waals surface area (Å²) in [5.74, 6) is 0.0530. The molecule has 0 radical (unpaired) electrons. The van der Waals surface area contributed by atoms with Crippen LogP contribution in [0.5, 0.6) is 0 Å². The molecule has 17 heavy (non-hydrogen) atoms. The molecular formula is C12H22N2O3. The summed E-state index contributed by atoms with van der Waals surface area (Å²) in [7, 11) is 0. The summed E-state index contributed by atoms with van der Waals surface area (Å²) in [6.45, 7) is 8.63. The van der Waals surface area contributed by atoms with E-state index in [0.29, 0.717) is 19.8 Å². The summed E-state index contributed by atoms with van der Waals surface area (Å²) in [6.07, 6.45) is 0. The van der Waals surface area contributed by atoms with Crippen molar-refractivity contribution in [3.8, 4) is 0 Å². The van der Waals surface area contributed by atoms with E-state index in [1.807, 2.05) is 18.7 Å². The van der Waals surface area contributed by atoms with Crippen LogP contribution in [-0.2, 0) is 14.3 Å². The Balaban J connectivity index is 2.38. The smallest absolute Gasteiger partial charge is 0.234 e. The lowest BCUT2D eigenvalue weighted by Crippen LogP contribution is -2.49. The fraction of sp³-hybridized carbons (Fsp3) is 0.833. The van der Waals surface area contributed by atoms with Gasteiger partial charge in [0, 0.05) is 13.1 Å². The fourth-order valence-corrected chi connectivity index (χ4v) is 1.92. The standard InChI is InChI=1S/C12H22N2O3/c1-9(2)12(10(3)15)13-11(16)8-14-4-6-17-7-5-14/h9,12H,4-8H2,1-3H3,(H,13,16). The SMILES string of the molecule is CC(=O)C(NC(=O)CN1CCOCC1)C(C)C. The Bertz CT molecular complexity index is 273. The highest BCUT2D eigenvalue weighted by atomic mass is 16.5. The Morgan fingerprint density at radius 2 is 1.88 bits per heavy atom. The van der Waals surface area contributed by atoms with Gasteiger partial charge in [-0.3, -0.25) is 14.5 Å². The minimum atomic E-state index is -0.372. The number of carbonyl (C=O) groups is 2. The molecule has 0 aromatic rings. The summed E-state index contributed by atoms with van der Waals surface area (Å²) in [6, 6.07) is -0.372. The predicted octanol–water partition coefficient (Wildman–Crippen LogP) is 0.0484. The van der Waals surface area contributed by atoms with Crippen LogP contribution in [0.2, 0.25) is 0 Å². The maximum Gasteiger partial charge on any atom is 0.234 e. The first-order valence-corrected chi connectivity index (χ1v) is 6.10. The van der Waals surface area contributed by atoms with E-state index < -0.39 is 0 Å². The predicted molar refractivity (Wildman–Crippen MR) is 64.7 cm³/mol. The van der Waals surface area contributed by atoms with Gasteiger partial charge in [0.05, 0.1) is 25.8 Å². The van der Waals surface area contributed by atoms with Gasteiger partial charge in [-0.15, -0.1) is 0 Å². The van der Waals surface area contributed by atoms with Gasteiger partial charge < -0.3 is 10.1 Å². The van der Waals surface area contributed by atoms with Crippen LogP contribution in [0.15, 0.2) is 0 Å². The van der Waals surface area contributed by atoms with E-state index >= 15 is 0 Å². The van der Waals surface area contributed by atoms with Gasteiger partial charge in [-0.25, -0.2) is 0 Å². The molecule has 5 nitrogen and oxygen atoms in total. The van der Waals surface area contributed by atoms with Crippen LogP contribution in [-0.4, -0.2) is 55.5 Å². The number of nitrogens with one attached hydrogen (secondary N) is 1. The summed E-state index contributed by atoms with van der Waals surface area (Å²) < 4.78 is 5.21. The highest BCUT2D eigenvalue weighted by Gasteiger charge is 2.22. The van der Waals surface area contributed by atoms with Crippen LogP contribution in [0.1, 0.15) is 20.8 Å². The third-order valence-electron chi connectivity index (χ3n) is 2.89. The normalized spacial score (nSPS) is 19.1. The van der Waals surface area contributed by atoms with Crippen molar-refractivity contribution in [1.82, 2.24) is 10.2 Å². The van der Waals surface area contributed by atoms with Crippen molar-refractivity contribution >= 4 is 11.7 Å². The largest absolute Gasteiger partial charge is 0.379 e. The zero-order chi connectivity index (χ0) is 12.8. The average Bonchev–Trinajstić information content (AvgIpc) is 2.26. The molecule has 0 aromatic carbocycles. The lowest BCUT2D eigenvalue weighted by molar-refractivity contribution is -0.129. The van der Waals surface area contributed by atoms with Gasteiger partial charge in [0.2, 0.25) is 5.91 Å². The Labute approximate surface area is 102 Å². The van der Waals surface area contributed by atoms with E-state index in [1.165, 1.54) is 6.92 Å². The van der Waals surface area contributed by atoms with Crippen LogP contribution in [0.25, 0.3) is 0 Å². The minimum Gasteiger partial charge on any atom is -0.379 e. The van der Waals surface area contributed by atoms with E-state index in [4.69, 9.17) is 4.74 Å². The van der Waals surface area contributed by atoms with E-state index in [1.54, 1.807) is 0 Å². The van der Waals surface area contributed by atoms with Crippen molar-refractivity contribution in [2.45, 2.75) is 26.8 Å². The molecule has 1 aliphatic heterocycles. The van der Waals surface area contributed by atoms with Gasteiger partial charge in [-0.1, -0.05) is 13.8 Å². The number of morpholine rings is 1. The highest BCUT2D eigenvalue weighted by Crippen LogP contribution is 2.03. The molecule has 1 N–H and O–H groups in total. The maximum absolute atomic E-state index is 11.8. The Morgan fingerprint density at radius 1 is 1.29 bits per heavy atom. The second-order valence-corrected chi connectivity index (χ2v) is 4.79. The second kappa shape index (κ2) is 6.71. The van der Waals surface area contributed by atoms with Crippen molar-refractivity contribution < 1.29 is 14.3 Å². The minimum absolute atomic E-state index is 0.00956. The zero-order valence-corrected chi connectivity index (χ0v) is 10.9. The van der Waals surface area contributed by atoms with Crippen molar-refractivity contribution in [2.75, 3.05) is 32.8 Å². The molecule has 0 spiro atoms. The molecule has 1 amide bonds. The monoisotopic (exact) mass is 242 g/mol. The van der Waals surface area contributed by atoms with Gasteiger partial charge in [0.25, 0.3) is 0 Å². The van der Waals surface area contributed by atoms with Crippen molar-refractivity contribution in [2.24, 2.45) is 5.92 Å². The molecule has 1 unspecified atom stereocenters. The van der Waals surface area contributed by atoms with E-state index in [9.17, 15) is 9.59 Å². The Morgan fingerprint density at radius 3 is 2.35 bits per heavy atom. The number of hydrogen-bond donors (Lipinski definition) is 1. The van der Waals surface area contributed by atoms with Crippen molar-refractivity contribution in [1.29, 1.82) is 0 Å². The molecule has 1 atom stereocenters. The highest BCUT2D eigenvalue weighted by molar-refractivity contribution is 5.88. The molecule has 1 saturated heterocycles. The van der Waals surface area contributed by atoms with Gasteiger partial charge >= 0.3 is 0 Å². The maximum atomic E-state index is 11.8. The van der Waals surface area contributed by atoms with E-state index in [-0.39, 0.29) is 23.7 Å². The van der Waals surface area contributed by atoms with Gasteiger partial charge in [0.15, 0.2) is 5.78 Å². The molecule has 5 heteroatoms. The van der Waals surface area contributed by atoms with Gasteiger partial charge in [-0.2, -0.15) is 0 Å². The van der Waals surface area contributed by atoms with Gasteiger partial charge in [0.1, 0.15) is 0 Å². The number of ketones is 1. The lowest BCUT2D eigenvalue weighted by atomic mass is 10.0. The van der Waals surface area contributed by atoms with Crippen LogP contribution >= 0.6 is 0 Å². The number of Topliss-reactive ketones (excluding diaryl/α,β-unsaturated/α-hetero) is 1. The van der Waals surface area contributed by atoms with Crippen LogP contribution in [0.3, 0.4) is 0 Å². The quantitative estimate of drug-likeness (QED) is 0.740. The third-order valence-corrected chi connectivity index (χ3v) is 2.89. The molecule has 0 bridgehead atoms. The lowest BCUT2D eigenvalue weighted by Gasteiger charge is -2.27. The number of hydrogen-bond acceptors (Lipinski definition) is 4. The molecule has 1 rings (SSSR count). The fourth-order valence-electron chi connectivity index (χ4n) is 1.92. The molecule has 0 aliphatic carbocycles. The third kappa shape index (κ3) is 4.83. The first-order chi connectivity index (χ1) is 8.00. The first-order valence-electron chi connectivity index (χ1n) is 6.10. The summed E-state index contributed by atoms with van der Waals surface area (Å²) in [4.78, 5) is 25.2. The Hall–Kier alpha value is -0.940. The van der Waals surface area contributed by atoms with Gasteiger partial charge in [-0.05, 0) is 12.8 Å². The number of ether oxygens (including phenoxy) is 1. The first kappa shape index (κ1) is 14.1. The Kier molecular flexibility index (Phi) is 5.58. The van der Waals surface area contributed by atoms with Crippen LogP contribution < -0.4 is 5.32 Å². The number of carbonyl (C=O) groups excluding carboxylic acids is 2. The summed E-state index contributed by atoms with van der Waals surface area (Å²) in [5.41, 5.74) is 0. The number of nitrogens with zero attached hydrogens (tertiary/aromatic N) is 1. The number of rotatable bonds is 5.